The maximum atomic E-state index is 8.95. The summed E-state index contributed by atoms with van der Waals surface area (Å²) in [6, 6.07) is 2.14. The monoisotopic (exact) mass is 199 g/mol. The molecule has 74 valence electrons. The number of aliphatic hydroxyl groups excluding tert-OH is 1. The Labute approximate surface area is 83.4 Å². The van der Waals surface area contributed by atoms with Gasteiger partial charge in [0.15, 0.2) is 0 Å². The van der Waals surface area contributed by atoms with Gasteiger partial charge in [-0.1, -0.05) is 0 Å². The molecule has 0 amide bonds. The zero-order valence-corrected chi connectivity index (χ0v) is 8.81. The van der Waals surface area contributed by atoms with Crippen LogP contribution in [-0.2, 0) is 6.42 Å². The maximum absolute atomic E-state index is 8.95. The first-order valence-corrected chi connectivity index (χ1v) is 5.49. The van der Waals surface area contributed by atoms with Crippen LogP contribution < -0.4 is 5.73 Å². The van der Waals surface area contributed by atoms with Crippen LogP contribution in [0.1, 0.15) is 16.9 Å². The Morgan fingerprint density at radius 1 is 1.62 bits per heavy atom. The van der Waals surface area contributed by atoms with Crippen LogP contribution in [-0.4, -0.2) is 18.3 Å². The fraction of sp³-hybridized carbons (Fsp3) is 0.600. The molecule has 1 aromatic rings. The normalized spacial score (nSPS) is 13.2. The molecule has 0 radical (unpaired) electrons. The predicted octanol–water partition coefficient (Wildman–Crippen LogP) is 1.56. The second kappa shape index (κ2) is 5.37. The number of rotatable bonds is 5. The molecule has 0 aliphatic carbocycles. The smallest absolute Gasteiger partial charge is 0.0471 e. The SMILES string of the molecule is Cc1ccsc1CCC(CN)CO. The average Bonchev–Trinajstić information content (AvgIpc) is 2.54. The van der Waals surface area contributed by atoms with Gasteiger partial charge in [0.1, 0.15) is 0 Å². The second-order valence-electron chi connectivity index (χ2n) is 3.35. The third-order valence-corrected chi connectivity index (χ3v) is 3.42. The minimum Gasteiger partial charge on any atom is -0.396 e. The van der Waals surface area contributed by atoms with Gasteiger partial charge in [0.2, 0.25) is 0 Å². The van der Waals surface area contributed by atoms with Crippen molar-refractivity contribution in [2.45, 2.75) is 19.8 Å². The quantitative estimate of drug-likeness (QED) is 0.756. The minimum atomic E-state index is 0.209. The highest BCUT2D eigenvalue weighted by molar-refractivity contribution is 7.10. The lowest BCUT2D eigenvalue weighted by molar-refractivity contribution is 0.223. The van der Waals surface area contributed by atoms with Gasteiger partial charge in [-0.05, 0) is 49.2 Å². The zero-order valence-electron chi connectivity index (χ0n) is 7.99. The van der Waals surface area contributed by atoms with E-state index < -0.39 is 0 Å². The van der Waals surface area contributed by atoms with E-state index >= 15 is 0 Å². The third-order valence-electron chi connectivity index (χ3n) is 2.34. The van der Waals surface area contributed by atoms with Crippen molar-refractivity contribution in [3.05, 3.63) is 21.9 Å². The molecule has 2 nitrogen and oxygen atoms in total. The first-order valence-electron chi connectivity index (χ1n) is 4.61. The van der Waals surface area contributed by atoms with Crippen molar-refractivity contribution in [1.29, 1.82) is 0 Å². The highest BCUT2D eigenvalue weighted by atomic mass is 32.1. The number of hydrogen-bond acceptors (Lipinski definition) is 3. The summed E-state index contributed by atoms with van der Waals surface area (Å²) in [7, 11) is 0. The number of thiophene rings is 1. The molecule has 0 saturated heterocycles. The molecular weight excluding hydrogens is 182 g/mol. The molecule has 0 aliphatic heterocycles. The largest absolute Gasteiger partial charge is 0.396 e. The summed E-state index contributed by atoms with van der Waals surface area (Å²) < 4.78 is 0. The third kappa shape index (κ3) is 3.10. The molecule has 3 heteroatoms. The van der Waals surface area contributed by atoms with E-state index in [1.165, 1.54) is 10.4 Å². The van der Waals surface area contributed by atoms with Gasteiger partial charge in [-0.3, -0.25) is 0 Å². The standard InChI is InChI=1S/C10H17NOS/c1-8-4-5-13-10(8)3-2-9(6-11)7-12/h4-5,9,12H,2-3,6-7,11H2,1H3. The maximum Gasteiger partial charge on any atom is 0.0471 e. The van der Waals surface area contributed by atoms with Crippen LogP contribution >= 0.6 is 11.3 Å². The Hall–Kier alpha value is -0.380. The van der Waals surface area contributed by atoms with Gasteiger partial charge in [-0.15, -0.1) is 11.3 Å². The molecule has 13 heavy (non-hydrogen) atoms. The van der Waals surface area contributed by atoms with Crippen LogP contribution in [0.3, 0.4) is 0 Å². The summed E-state index contributed by atoms with van der Waals surface area (Å²) in [5.74, 6) is 0.265. The molecule has 1 heterocycles. The molecule has 0 saturated carbocycles. The van der Waals surface area contributed by atoms with Gasteiger partial charge in [0.25, 0.3) is 0 Å². The Kier molecular flexibility index (Phi) is 4.42. The summed E-state index contributed by atoms with van der Waals surface area (Å²) in [6.45, 7) is 2.92. The van der Waals surface area contributed by atoms with Crippen molar-refractivity contribution in [2.75, 3.05) is 13.2 Å². The van der Waals surface area contributed by atoms with Crippen molar-refractivity contribution in [3.8, 4) is 0 Å². The summed E-state index contributed by atoms with van der Waals surface area (Å²) in [4.78, 5) is 1.42. The second-order valence-corrected chi connectivity index (χ2v) is 4.35. The number of nitrogens with two attached hydrogens (primary N) is 1. The Bertz CT molecular complexity index is 243. The van der Waals surface area contributed by atoms with Crippen molar-refractivity contribution in [1.82, 2.24) is 0 Å². The van der Waals surface area contributed by atoms with Crippen molar-refractivity contribution in [2.24, 2.45) is 11.7 Å². The summed E-state index contributed by atoms with van der Waals surface area (Å²) in [6.07, 6.45) is 2.04. The lowest BCUT2D eigenvalue weighted by Gasteiger charge is -2.10. The van der Waals surface area contributed by atoms with E-state index in [-0.39, 0.29) is 12.5 Å². The first-order chi connectivity index (χ1) is 6.27. The number of aryl methyl sites for hydroxylation is 2. The molecular formula is C10H17NOS. The molecule has 1 rings (SSSR count). The fourth-order valence-electron chi connectivity index (χ4n) is 1.28. The van der Waals surface area contributed by atoms with Crippen molar-refractivity contribution in [3.63, 3.8) is 0 Å². The molecule has 1 atom stereocenters. The van der Waals surface area contributed by atoms with Crippen LogP contribution in [0.2, 0.25) is 0 Å². The number of hydrogen-bond donors (Lipinski definition) is 2. The molecule has 0 spiro atoms. The predicted molar refractivity (Wildman–Crippen MR) is 57.0 cm³/mol. The molecule has 1 unspecified atom stereocenters. The van der Waals surface area contributed by atoms with E-state index in [4.69, 9.17) is 10.8 Å². The van der Waals surface area contributed by atoms with E-state index in [0.29, 0.717) is 6.54 Å². The summed E-state index contributed by atoms with van der Waals surface area (Å²) in [5, 5.41) is 11.1. The molecule has 1 aromatic heterocycles. The van der Waals surface area contributed by atoms with Crippen molar-refractivity contribution < 1.29 is 5.11 Å². The first kappa shape index (κ1) is 10.7. The highest BCUT2D eigenvalue weighted by Gasteiger charge is 2.06. The van der Waals surface area contributed by atoms with Gasteiger partial charge in [-0.2, -0.15) is 0 Å². The number of aliphatic hydroxyl groups is 1. The van der Waals surface area contributed by atoms with Crippen LogP contribution in [0.25, 0.3) is 0 Å². The van der Waals surface area contributed by atoms with Gasteiger partial charge in [0.05, 0.1) is 0 Å². The molecule has 0 aliphatic rings. The highest BCUT2D eigenvalue weighted by Crippen LogP contribution is 2.19. The fourth-order valence-corrected chi connectivity index (χ4v) is 2.21. The van der Waals surface area contributed by atoms with E-state index in [0.717, 1.165) is 12.8 Å². The van der Waals surface area contributed by atoms with Gasteiger partial charge < -0.3 is 10.8 Å². The lowest BCUT2D eigenvalue weighted by atomic mass is 10.0. The van der Waals surface area contributed by atoms with Crippen LogP contribution in [0.5, 0.6) is 0 Å². The lowest BCUT2D eigenvalue weighted by Crippen LogP contribution is -2.18. The van der Waals surface area contributed by atoms with Crippen LogP contribution in [0.15, 0.2) is 11.4 Å². The van der Waals surface area contributed by atoms with E-state index in [1.54, 1.807) is 11.3 Å². The Balaban J connectivity index is 2.38. The average molecular weight is 199 g/mol. The zero-order chi connectivity index (χ0) is 9.68. The van der Waals surface area contributed by atoms with Crippen LogP contribution in [0, 0.1) is 12.8 Å². The molecule has 0 bridgehead atoms. The van der Waals surface area contributed by atoms with Gasteiger partial charge in [0, 0.05) is 11.5 Å². The Morgan fingerprint density at radius 2 is 2.38 bits per heavy atom. The molecule has 0 aromatic carbocycles. The van der Waals surface area contributed by atoms with Gasteiger partial charge >= 0.3 is 0 Å². The van der Waals surface area contributed by atoms with E-state index in [2.05, 4.69) is 18.4 Å². The molecule has 0 fully saturated rings. The van der Waals surface area contributed by atoms with Crippen LogP contribution in [0.4, 0.5) is 0 Å². The topological polar surface area (TPSA) is 46.2 Å². The van der Waals surface area contributed by atoms with Gasteiger partial charge in [-0.25, -0.2) is 0 Å². The summed E-state index contributed by atoms with van der Waals surface area (Å²) in [5.41, 5.74) is 6.86. The summed E-state index contributed by atoms with van der Waals surface area (Å²) >= 11 is 1.79. The Morgan fingerprint density at radius 3 is 2.85 bits per heavy atom. The van der Waals surface area contributed by atoms with E-state index in [1.807, 2.05) is 0 Å². The van der Waals surface area contributed by atoms with Crippen molar-refractivity contribution >= 4 is 11.3 Å². The van der Waals surface area contributed by atoms with E-state index in [9.17, 15) is 0 Å². The minimum absolute atomic E-state index is 0.209. The molecule has 3 N–H and O–H groups in total.